The maximum absolute atomic E-state index is 12.2. The summed E-state index contributed by atoms with van der Waals surface area (Å²) in [5.41, 5.74) is 3.13. The normalized spacial score (nSPS) is 9.67. The third kappa shape index (κ3) is 9.20. The van der Waals surface area contributed by atoms with Crippen LogP contribution in [0.15, 0.2) is 63.5 Å². The Balaban J connectivity index is 0.000000202. The first-order valence-electron chi connectivity index (χ1n) is 7.85. The highest BCUT2D eigenvalue weighted by Crippen LogP contribution is 2.23. The molecule has 6 heteroatoms. The van der Waals surface area contributed by atoms with E-state index in [0.29, 0.717) is 10.0 Å². The molecule has 3 aromatic carbocycles. The third-order valence-electron chi connectivity index (χ3n) is 3.23. The molecule has 0 fully saturated rings. The lowest BCUT2D eigenvalue weighted by Gasteiger charge is -1.95. The first-order valence-corrected chi connectivity index (χ1v) is 10.2. The molecule has 0 aliphatic rings. The Morgan fingerprint density at radius 1 is 0.593 bits per heavy atom. The predicted octanol–water partition coefficient (Wildman–Crippen LogP) is 9.10. The summed E-state index contributed by atoms with van der Waals surface area (Å²) in [6.45, 7) is 5.75. The molecule has 0 amide bonds. The van der Waals surface area contributed by atoms with Crippen molar-refractivity contribution in [2.75, 3.05) is 0 Å². The van der Waals surface area contributed by atoms with Crippen LogP contribution in [-0.2, 0) is 0 Å². The second-order valence-electron chi connectivity index (χ2n) is 5.75. The van der Waals surface area contributed by atoms with Crippen molar-refractivity contribution in [1.82, 2.24) is 0 Å². The van der Waals surface area contributed by atoms with Gasteiger partial charge in [-0.25, -0.2) is 8.78 Å². The third-order valence-corrected chi connectivity index (χ3v) is 5.84. The molecule has 27 heavy (non-hydrogen) atoms. The highest BCUT2D eigenvalue weighted by atomic mass is 79.9. The molecular formula is C21H18Br2Cl2F2. The molecule has 0 nitrogen and oxygen atoms in total. The van der Waals surface area contributed by atoms with Gasteiger partial charge in [0.25, 0.3) is 0 Å². The van der Waals surface area contributed by atoms with E-state index in [1.54, 1.807) is 13.0 Å². The molecule has 144 valence electrons. The van der Waals surface area contributed by atoms with Crippen LogP contribution in [0.5, 0.6) is 0 Å². The molecule has 0 saturated heterocycles. The summed E-state index contributed by atoms with van der Waals surface area (Å²) in [5, 5.41) is 1.24. The van der Waals surface area contributed by atoms with Crippen LogP contribution in [0.25, 0.3) is 0 Å². The summed E-state index contributed by atoms with van der Waals surface area (Å²) in [6.07, 6.45) is 0. The van der Waals surface area contributed by atoms with Crippen molar-refractivity contribution >= 4 is 55.1 Å². The summed E-state index contributed by atoms with van der Waals surface area (Å²) in [6, 6.07) is 15.5. The first-order chi connectivity index (χ1) is 12.6. The zero-order chi connectivity index (χ0) is 20.6. The fourth-order valence-electron chi connectivity index (χ4n) is 1.80. The zero-order valence-corrected chi connectivity index (χ0v) is 19.6. The van der Waals surface area contributed by atoms with E-state index in [-0.39, 0.29) is 0 Å². The molecule has 0 aromatic heterocycles. The average Bonchev–Trinajstić information content (AvgIpc) is 2.60. The molecule has 0 saturated carbocycles. The van der Waals surface area contributed by atoms with Gasteiger partial charge in [0.15, 0.2) is 11.6 Å². The summed E-state index contributed by atoms with van der Waals surface area (Å²) in [7, 11) is 0. The standard InChI is InChI=1S/C7H6Br2.C7H6Cl2.C7H6F2/c3*1-5-2-3-6(8)7(9)4-5/h3*2-4H,1H3. The maximum Gasteiger partial charge on any atom is 0.159 e. The second-order valence-corrected chi connectivity index (χ2v) is 8.28. The number of aryl methyl sites for hydroxylation is 3. The molecule has 0 heterocycles. The van der Waals surface area contributed by atoms with Gasteiger partial charge >= 0.3 is 0 Å². The number of hydrogen-bond donors (Lipinski definition) is 0. The Labute approximate surface area is 185 Å². The maximum atomic E-state index is 12.2. The Hall–Kier alpha value is -0.940. The minimum Gasteiger partial charge on any atom is -0.204 e. The van der Waals surface area contributed by atoms with Gasteiger partial charge in [0.2, 0.25) is 0 Å². The lowest BCUT2D eigenvalue weighted by Crippen LogP contribution is -1.82. The predicted molar refractivity (Wildman–Crippen MR) is 119 cm³/mol. The van der Waals surface area contributed by atoms with Gasteiger partial charge < -0.3 is 0 Å². The van der Waals surface area contributed by atoms with Gasteiger partial charge in [0, 0.05) is 8.95 Å². The van der Waals surface area contributed by atoms with Gasteiger partial charge in [-0.2, -0.15) is 0 Å². The van der Waals surface area contributed by atoms with E-state index < -0.39 is 11.6 Å². The van der Waals surface area contributed by atoms with E-state index in [4.69, 9.17) is 23.2 Å². The lowest BCUT2D eigenvalue weighted by atomic mass is 10.2. The molecule has 0 bridgehead atoms. The smallest absolute Gasteiger partial charge is 0.159 e. The molecule has 0 unspecified atom stereocenters. The van der Waals surface area contributed by atoms with Crippen molar-refractivity contribution in [1.29, 1.82) is 0 Å². The fraction of sp³-hybridized carbons (Fsp3) is 0.143. The SMILES string of the molecule is Cc1ccc(Br)c(Br)c1.Cc1ccc(Cl)c(Cl)c1.Cc1ccc(F)c(F)c1. The van der Waals surface area contributed by atoms with Crippen molar-refractivity contribution in [3.63, 3.8) is 0 Å². The summed E-state index contributed by atoms with van der Waals surface area (Å²) in [5.74, 6) is -1.57. The number of hydrogen-bond acceptors (Lipinski definition) is 0. The monoisotopic (exact) mass is 536 g/mol. The zero-order valence-electron chi connectivity index (χ0n) is 15.0. The average molecular weight is 539 g/mol. The number of rotatable bonds is 0. The largest absolute Gasteiger partial charge is 0.204 e. The minimum absolute atomic E-state index is 0.613. The van der Waals surface area contributed by atoms with Crippen molar-refractivity contribution in [2.45, 2.75) is 20.8 Å². The molecule has 0 N–H and O–H groups in total. The Morgan fingerprint density at radius 2 is 1.11 bits per heavy atom. The summed E-state index contributed by atoms with van der Waals surface area (Å²) in [4.78, 5) is 0. The van der Waals surface area contributed by atoms with Crippen LogP contribution < -0.4 is 0 Å². The first kappa shape index (κ1) is 24.1. The molecule has 3 rings (SSSR count). The lowest BCUT2D eigenvalue weighted by molar-refractivity contribution is 0.508. The molecule has 3 aromatic rings. The topological polar surface area (TPSA) is 0 Å². The Morgan fingerprint density at radius 3 is 1.56 bits per heavy atom. The van der Waals surface area contributed by atoms with Crippen LogP contribution >= 0.6 is 55.1 Å². The molecular weight excluding hydrogens is 521 g/mol. The van der Waals surface area contributed by atoms with Crippen molar-refractivity contribution < 1.29 is 8.78 Å². The van der Waals surface area contributed by atoms with Gasteiger partial charge in [-0.05, 0) is 106 Å². The van der Waals surface area contributed by atoms with E-state index >= 15 is 0 Å². The number of halogens is 6. The summed E-state index contributed by atoms with van der Waals surface area (Å²) >= 11 is 18.1. The van der Waals surface area contributed by atoms with Crippen molar-refractivity contribution in [3.05, 3.63) is 102 Å². The van der Waals surface area contributed by atoms with E-state index in [0.717, 1.165) is 32.2 Å². The van der Waals surface area contributed by atoms with Crippen LogP contribution in [-0.4, -0.2) is 0 Å². The van der Waals surface area contributed by atoms with Crippen LogP contribution in [0.4, 0.5) is 8.78 Å². The highest BCUT2D eigenvalue weighted by Gasteiger charge is 1.97. The highest BCUT2D eigenvalue weighted by molar-refractivity contribution is 9.13. The van der Waals surface area contributed by atoms with Crippen molar-refractivity contribution in [3.8, 4) is 0 Å². The minimum atomic E-state index is -0.791. The van der Waals surface area contributed by atoms with Gasteiger partial charge in [-0.15, -0.1) is 0 Å². The van der Waals surface area contributed by atoms with Crippen LogP contribution in [0.2, 0.25) is 10.0 Å². The van der Waals surface area contributed by atoms with Crippen molar-refractivity contribution in [2.24, 2.45) is 0 Å². The fourth-order valence-corrected chi connectivity index (χ4v) is 2.90. The molecule has 0 aliphatic heterocycles. The van der Waals surface area contributed by atoms with E-state index in [9.17, 15) is 8.78 Å². The number of benzene rings is 3. The van der Waals surface area contributed by atoms with Crippen LogP contribution in [0, 0.1) is 32.4 Å². The molecule has 0 aliphatic carbocycles. The van der Waals surface area contributed by atoms with E-state index in [1.165, 1.54) is 11.6 Å². The van der Waals surface area contributed by atoms with Gasteiger partial charge in [0.05, 0.1) is 10.0 Å². The van der Waals surface area contributed by atoms with E-state index in [1.807, 2.05) is 25.1 Å². The second kappa shape index (κ2) is 11.8. The van der Waals surface area contributed by atoms with Crippen LogP contribution in [0.3, 0.4) is 0 Å². The molecule has 0 atom stereocenters. The van der Waals surface area contributed by atoms with Gasteiger partial charge in [0.1, 0.15) is 0 Å². The van der Waals surface area contributed by atoms with Gasteiger partial charge in [-0.3, -0.25) is 0 Å². The van der Waals surface area contributed by atoms with Crippen LogP contribution in [0.1, 0.15) is 16.7 Å². The van der Waals surface area contributed by atoms with Gasteiger partial charge in [-0.1, -0.05) is 41.4 Å². The van der Waals surface area contributed by atoms with E-state index in [2.05, 4.69) is 50.9 Å². The quantitative estimate of drug-likeness (QED) is 0.268. The molecule has 0 radical (unpaired) electrons. The molecule has 0 spiro atoms. The Bertz CT molecular complexity index is 782. The summed E-state index contributed by atoms with van der Waals surface area (Å²) < 4.78 is 26.5. The Kier molecular flexibility index (Phi) is 10.5.